The first kappa shape index (κ1) is 38.5. The minimum absolute atomic E-state index is 0.00371. The van der Waals surface area contributed by atoms with Crippen molar-refractivity contribution in [3.63, 3.8) is 0 Å². The van der Waals surface area contributed by atoms with Crippen LogP contribution in [0, 0.1) is 11.3 Å². The molecule has 16 nitrogen and oxygen atoms in total. The molecular weight excluding hydrogens is 719 g/mol. The highest BCUT2D eigenvalue weighted by molar-refractivity contribution is 7.91. The van der Waals surface area contributed by atoms with Crippen LogP contribution in [0.1, 0.15) is 67.2 Å². The van der Waals surface area contributed by atoms with Crippen molar-refractivity contribution in [3.05, 3.63) is 61.6 Å². The van der Waals surface area contributed by atoms with Gasteiger partial charge in [-0.2, -0.15) is 0 Å². The molecule has 3 fully saturated rings. The van der Waals surface area contributed by atoms with Crippen LogP contribution in [-0.4, -0.2) is 93.2 Å². The lowest BCUT2D eigenvalue weighted by atomic mass is 9.85. The van der Waals surface area contributed by atoms with E-state index in [1.165, 1.54) is 15.8 Å². The van der Waals surface area contributed by atoms with E-state index >= 15 is 0 Å². The number of pyridine rings is 1. The lowest BCUT2D eigenvalue weighted by Crippen LogP contribution is -2.60. The van der Waals surface area contributed by atoms with Crippen LogP contribution in [0.2, 0.25) is 0 Å². The highest BCUT2D eigenvalue weighted by Gasteiger charge is 2.62. The Bertz CT molecular complexity index is 2050. The van der Waals surface area contributed by atoms with Crippen molar-refractivity contribution in [1.82, 2.24) is 35.2 Å². The molecule has 6 rings (SSSR count). The number of rotatable bonds is 12. The number of likely N-dealkylation sites (tertiary alicyclic amines) is 1. The average molecular weight is 766 g/mol. The topological polar surface area (TPSA) is 200 Å². The third-order valence-corrected chi connectivity index (χ3v) is 11.3. The molecule has 2 aliphatic carbocycles. The summed E-state index contributed by atoms with van der Waals surface area (Å²) in [5, 5.41) is 10.3. The number of hydrogen-bond donors (Lipinski definition) is 3. The first-order chi connectivity index (χ1) is 25.3. The van der Waals surface area contributed by atoms with Crippen molar-refractivity contribution >= 4 is 44.6 Å². The van der Waals surface area contributed by atoms with E-state index in [2.05, 4.69) is 32.0 Å². The Morgan fingerprint density at radius 3 is 2.43 bits per heavy atom. The van der Waals surface area contributed by atoms with Gasteiger partial charge >= 0.3 is 6.09 Å². The molecule has 3 aliphatic rings. The summed E-state index contributed by atoms with van der Waals surface area (Å²) in [5.41, 5.74) is -3.24. The van der Waals surface area contributed by atoms with Crippen molar-refractivity contribution in [1.29, 1.82) is 0 Å². The largest absolute Gasteiger partial charge is 0.472 e. The molecule has 3 N–H and O–H groups in total. The van der Waals surface area contributed by atoms with Gasteiger partial charge in [0, 0.05) is 23.9 Å². The van der Waals surface area contributed by atoms with Crippen molar-refractivity contribution in [2.24, 2.45) is 11.3 Å². The predicted molar refractivity (Wildman–Crippen MR) is 196 cm³/mol. The molecule has 1 saturated heterocycles. The SMILES string of the molecule is C=C[C@@H]1C[C@]1(NC(=O)[C@@H]1C[C@@H](Oc2nccc3cc(On4cccn4)ccc23)CN1C(=O)[C@@H](NC(=O)OC(C)(C)C)C(C)(C)C)C(=O)NS(=O)(=O)C1CC1. The monoisotopic (exact) mass is 765 g/mol. The second-order valence-corrected chi connectivity index (χ2v) is 18.1. The fraction of sp³-hybridized carbons (Fsp3) is 0.514. The summed E-state index contributed by atoms with van der Waals surface area (Å²) >= 11 is 0. The molecule has 3 aromatic rings. The standard InChI is InChI=1S/C37H47N7O9S/c1-8-23-20-37(23,33(47)42-54(49,50)26-11-12-26)41-30(45)28-19-25(21-43(28)32(46)29(35(2,3)4)40-34(48)52-36(5,6)7)51-31-27-13-10-24(18-22(27)14-16-38-31)53-44-17-9-15-39-44/h8-10,13-18,23,25-26,28-29H,1,11-12,19-21H2,2-7H3,(H,40,48)(H,41,45)(H,42,47)/t23-,25-,28+,29-,37-/m1/s1. The molecule has 0 bridgehead atoms. The summed E-state index contributed by atoms with van der Waals surface area (Å²) in [7, 11) is -3.91. The van der Waals surface area contributed by atoms with Crippen LogP contribution in [0.4, 0.5) is 4.79 Å². The summed E-state index contributed by atoms with van der Waals surface area (Å²) in [4.78, 5) is 68.1. The molecule has 4 amide bonds. The third-order valence-electron chi connectivity index (χ3n) is 9.53. The van der Waals surface area contributed by atoms with Gasteiger partial charge in [-0.1, -0.05) is 26.8 Å². The van der Waals surface area contributed by atoms with Crippen molar-refractivity contribution < 1.29 is 41.9 Å². The van der Waals surface area contributed by atoms with Gasteiger partial charge in [0.2, 0.25) is 27.7 Å². The molecule has 2 saturated carbocycles. The molecule has 5 atom stereocenters. The van der Waals surface area contributed by atoms with Crippen LogP contribution in [0.15, 0.2) is 61.6 Å². The zero-order valence-electron chi connectivity index (χ0n) is 31.2. The fourth-order valence-corrected chi connectivity index (χ4v) is 7.85. The lowest BCUT2D eigenvalue weighted by molar-refractivity contribution is -0.143. The van der Waals surface area contributed by atoms with Gasteiger partial charge in [0.05, 0.1) is 24.2 Å². The quantitative estimate of drug-likeness (QED) is 0.229. The first-order valence-corrected chi connectivity index (χ1v) is 19.4. The molecule has 54 heavy (non-hydrogen) atoms. The summed E-state index contributed by atoms with van der Waals surface area (Å²) < 4.78 is 39.4. The number of nitrogens with one attached hydrogen (secondary N) is 3. The van der Waals surface area contributed by atoms with Crippen molar-refractivity contribution in [2.45, 2.75) is 102 Å². The minimum Gasteiger partial charge on any atom is -0.472 e. The lowest BCUT2D eigenvalue weighted by Gasteiger charge is -2.36. The van der Waals surface area contributed by atoms with Crippen LogP contribution in [0.3, 0.4) is 0 Å². The Morgan fingerprint density at radius 2 is 1.81 bits per heavy atom. The van der Waals surface area contributed by atoms with Gasteiger partial charge in [-0.05, 0) is 81.2 Å². The molecule has 0 unspecified atom stereocenters. The molecule has 1 aromatic carbocycles. The number of alkyl carbamates (subject to hydrolysis) is 1. The Labute approximate surface area is 314 Å². The van der Waals surface area contributed by atoms with Gasteiger partial charge in [0.15, 0.2) is 5.75 Å². The zero-order chi connectivity index (χ0) is 39.2. The van der Waals surface area contributed by atoms with E-state index in [-0.39, 0.29) is 25.3 Å². The number of aromatic nitrogens is 3. The van der Waals surface area contributed by atoms with Crippen LogP contribution in [-0.2, 0) is 29.1 Å². The smallest absolute Gasteiger partial charge is 0.408 e. The van der Waals surface area contributed by atoms with E-state index in [1.54, 1.807) is 90.5 Å². The van der Waals surface area contributed by atoms with E-state index in [1.807, 2.05) is 0 Å². The van der Waals surface area contributed by atoms with Crippen LogP contribution in [0.5, 0.6) is 11.6 Å². The summed E-state index contributed by atoms with van der Waals surface area (Å²) in [6.07, 6.45) is 5.78. The highest BCUT2D eigenvalue weighted by atomic mass is 32.2. The molecule has 17 heteroatoms. The number of amides is 4. The molecule has 290 valence electrons. The molecule has 1 aliphatic heterocycles. The minimum atomic E-state index is -3.91. The Hall–Kier alpha value is -5.19. The van der Waals surface area contributed by atoms with Gasteiger partial charge in [0.1, 0.15) is 29.3 Å². The number of sulfonamides is 1. The van der Waals surface area contributed by atoms with Gasteiger partial charge in [-0.3, -0.25) is 19.1 Å². The van der Waals surface area contributed by atoms with Crippen LogP contribution in [0.25, 0.3) is 10.8 Å². The number of ether oxygens (including phenoxy) is 2. The van der Waals surface area contributed by atoms with Gasteiger partial charge in [-0.15, -0.1) is 16.5 Å². The fourth-order valence-electron chi connectivity index (χ4n) is 6.49. The summed E-state index contributed by atoms with van der Waals surface area (Å²) in [6.45, 7) is 14.1. The Kier molecular flexibility index (Phi) is 10.2. The molecule has 3 heterocycles. The first-order valence-electron chi connectivity index (χ1n) is 17.8. The Morgan fingerprint density at radius 1 is 1.07 bits per heavy atom. The number of carbonyl (C=O) groups excluding carboxylic acids is 4. The summed E-state index contributed by atoms with van der Waals surface area (Å²) in [5.74, 6) is -1.88. The second-order valence-electron chi connectivity index (χ2n) is 16.1. The van der Waals surface area contributed by atoms with E-state index in [0.717, 1.165) is 5.39 Å². The van der Waals surface area contributed by atoms with E-state index in [9.17, 15) is 27.6 Å². The number of hydrogen-bond acceptors (Lipinski definition) is 11. The zero-order valence-corrected chi connectivity index (χ0v) is 32.0. The number of fused-ring (bicyclic) bond motifs is 1. The normalized spacial score (nSPS) is 23.2. The molecule has 2 aromatic heterocycles. The maximum atomic E-state index is 14.5. The van der Waals surface area contributed by atoms with Crippen molar-refractivity contribution in [2.75, 3.05) is 6.54 Å². The maximum absolute atomic E-state index is 14.5. The molecular formula is C37H47N7O9S. The third kappa shape index (κ3) is 8.45. The van der Waals surface area contributed by atoms with E-state index in [0.29, 0.717) is 24.0 Å². The van der Waals surface area contributed by atoms with Crippen LogP contribution < -0.4 is 24.9 Å². The summed E-state index contributed by atoms with van der Waals surface area (Å²) in [6, 6.07) is 6.51. The van der Waals surface area contributed by atoms with E-state index < -0.39 is 79.7 Å². The van der Waals surface area contributed by atoms with Crippen LogP contribution >= 0.6 is 0 Å². The molecule has 0 radical (unpaired) electrons. The Balaban J connectivity index is 1.28. The number of benzene rings is 1. The van der Waals surface area contributed by atoms with Crippen molar-refractivity contribution in [3.8, 4) is 11.6 Å². The maximum Gasteiger partial charge on any atom is 0.408 e. The van der Waals surface area contributed by atoms with Gasteiger partial charge < -0.3 is 29.8 Å². The highest BCUT2D eigenvalue weighted by Crippen LogP contribution is 2.45. The van der Waals surface area contributed by atoms with Gasteiger partial charge in [-0.25, -0.2) is 18.2 Å². The average Bonchev–Trinajstić information content (AvgIpc) is 3.96. The molecule has 0 spiro atoms. The predicted octanol–water partition coefficient (Wildman–Crippen LogP) is 3.23. The number of carbonyl (C=O) groups is 4. The number of nitrogens with zero attached hydrogens (tertiary/aromatic N) is 4. The second kappa shape index (κ2) is 14.2. The van der Waals surface area contributed by atoms with Gasteiger partial charge in [0.25, 0.3) is 5.91 Å². The van der Waals surface area contributed by atoms with E-state index in [4.69, 9.17) is 14.3 Å².